The molecular formula is C15H18O5. The van der Waals surface area contributed by atoms with Crippen LogP contribution in [0.2, 0.25) is 0 Å². The molecule has 5 heteroatoms. The van der Waals surface area contributed by atoms with Crippen molar-refractivity contribution in [3.63, 3.8) is 0 Å². The molecule has 0 saturated carbocycles. The molecule has 0 aliphatic heterocycles. The van der Waals surface area contributed by atoms with Crippen LogP contribution in [-0.4, -0.2) is 23.7 Å². The molecule has 0 spiro atoms. The Hall–Kier alpha value is -2.30. The van der Waals surface area contributed by atoms with E-state index >= 15 is 0 Å². The summed E-state index contributed by atoms with van der Waals surface area (Å²) in [6.45, 7) is 5.45. The normalized spacial score (nSPS) is 11.1. The number of aliphatic carboxylic acids is 1. The highest BCUT2D eigenvalue weighted by Gasteiger charge is 2.10. The molecule has 0 heterocycles. The minimum atomic E-state index is -0.982. The highest BCUT2D eigenvalue weighted by atomic mass is 16.6. The number of ether oxygens (including phenoxy) is 2. The number of esters is 1. The van der Waals surface area contributed by atoms with Gasteiger partial charge in [-0.1, -0.05) is 13.0 Å². The average Bonchev–Trinajstić information content (AvgIpc) is 2.41. The van der Waals surface area contributed by atoms with E-state index < -0.39 is 5.97 Å². The first-order valence-electron chi connectivity index (χ1n) is 6.37. The van der Waals surface area contributed by atoms with Crippen LogP contribution in [-0.2, 0) is 9.59 Å². The highest BCUT2D eigenvalue weighted by Crippen LogP contribution is 2.29. The van der Waals surface area contributed by atoms with Gasteiger partial charge in [-0.2, -0.15) is 0 Å². The number of carbonyl (C=O) groups excluding carboxylic acids is 1. The predicted octanol–water partition coefficient (Wildman–Crippen LogP) is 2.89. The van der Waals surface area contributed by atoms with Gasteiger partial charge in [0.05, 0.1) is 6.61 Å². The largest absolute Gasteiger partial charge is 0.490 e. The minimum absolute atomic E-state index is 0.214. The third-order valence-electron chi connectivity index (χ3n) is 2.50. The summed E-state index contributed by atoms with van der Waals surface area (Å²) in [4.78, 5) is 22.1. The average molecular weight is 278 g/mol. The number of hydrogen-bond acceptors (Lipinski definition) is 4. The van der Waals surface area contributed by atoms with Crippen LogP contribution in [0.1, 0.15) is 32.8 Å². The first kappa shape index (κ1) is 15.8. The number of carboxylic acids is 1. The van der Waals surface area contributed by atoms with Gasteiger partial charge in [0.2, 0.25) is 0 Å². The second kappa shape index (κ2) is 7.33. The minimum Gasteiger partial charge on any atom is -0.490 e. The molecule has 0 aliphatic carbocycles. The van der Waals surface area contributed by atoms with Crippen LogP contribution in [0.3, 0.4) is 0 Å². The van der Waals surface area contributed by atoms with Crippen LogP contribution in [0.5, 0.6) is 11.5 Å². The lowest BCUT2D eigenvalue weighted by atomic mass is 10.1. The second-order valence-electron chi connectivity index (χ2n) is 4.10. The summed E-state index contributed by atoms with van der Waals surface area (Å²) in [5.41, 5.74) is 0.885. The molecule has 0 aromatic heterocycles. The Kier molecular flexibility index (Phi) is 5.77. The van der Waals surface area contributed by atoms with E-state index in [0.717, 1.165) is 0 Å². The van der Waals surface area contributed by atoms with Crippen molar-refractivity contribution in [2.75, 3.05) is 6.61 Å². The predicted molar refractivity (Wildman–Crippen MR) is 74.8 cm³/mol. The molecule has 0 radical (unpaired) electrons. The third-order valence-corrected chi connectivity index (χ3v) is 2.50. The summed E-state index contributed by atoms with van der Waals surface area (Å²) in [5, 5.41) is 8.85. The van der Waals surface area contributed by atoms with E-state index in [4.69, 9.17) is 14.6 Å². The van der Waals surface area contributed by atoms with Crippen LogP contribution in [0, 0.1) is 0 Å². The van der Waals surface area contributed by atoms with Gasteiger partial charge in [-0.25, -0.2) is 4.79 Å². The molecule has 1 aromatic carbocycles. The highest BCUT2D eigenvalue weighted by molar-refractivity contribution is 5.91. The zero-order valence-electron chi connectivity index (χ0n) is 11.8. The summed E-state index contributed by atoms with van der Waals surface area (Å²) in [5.74, 6) is -0.578. The number of benzene rings is 1. The molecule has 1 aromatic rings. The Morgan fingerprint density at radius 3 is 2.50 bits per heavy atom. The van der Waals surface area contributed by atoms with Crippen molar-refractivity contribution in [1.82, 2.24) is 0 Å². The molecule has 0 fully saturated rings. The van der Waals surface area contributed by atoms with Gasteiger partial charge >= 0.3 is 11.9 Å². The molecule has 0 bridgehead atoms. The lowest BCUT2D eigenvalue weighted by molar-refractivity contribution is -0.134. The summed E-state index contributed by atoms with van der Waals surface area (Å²) >= 11 is 0. The third kappa shape index (κ3) is 4.42. The van der Waals surface area contributed by atoms with Crippen molar-refractivity contribution in [3.8, 4) is 11.5 Å². The van der Waals surface area contributed by atoms with Crippen LogP contribution >= 0.6 is 0 Å². The maximum absolute atomic E-state index is 11.3. The topological polar surface area (TPSA) is 72.8 Å². The fourth-order valence-corrected chi connectivity index (χ4v) is 1.47. The van der Waals surface area contributed by atoms with Crippen molar-refractivity contribution >= 4 is 18.0 Å². The van der Waals surface area contributed by atoms with E-state index in [1.165, 1.54) is 13.0 Å². The van der Waals surface area contributed by atoms with Crippen molar-refractivity contribution in [3.05, 3.63) is 29.3 Å². The SMILES string of the molecule is CCOc1cc(C=C(C)C(=O)O)ccc1OC(=O)CC. The lowest BCUT2D eigenvalue weighted by Gasteiger charge is -2.11. The van der Waals surface area contributed by atoms with E-state index in [-0.39, 0.29) is 18.0 Å². The molecular weight excluding hydrogens is 260 g/mol. The summed E-state index contributed by atoms with van der Waals surface area (Å²) in [6, 6.07) is 4.92. The van der Waals surface area contributed by atoms with Crippen LogP contribution in [0.15, 0.2) is 23.8 Å². The molecule has 0 atom stereocenters. The fourth-order valence-electron chi connectivity index (χ4n) is 1.47. The van der Waals surface area contributed by atoms with Gasteiger partial charge in [0.1, 0.15) is 0 Å². The van der Waals surface area contributed by atoms with E-state index in [1.54, 1.807) is 25.1 Å². The van der Waals surface area contributed by atoms with Crippen molar-refractivity contribution < 1.29 is 24.2 Å². The smallest absolute Gasteiger partial charge is 0.331 e. The van der Waals surface area contributed by atoms with Crippen LogP contribution < -0.4 is 9.47 Å². The van der Waals surface area contributed by atoms with Gasteiger partial charge in [-0.3, -0.25) is 4.79 Å². The Balaban J connectivity index is 3.09. The van der Waals surface area contributed by atoms with E-state index in [2.05, 4.69) is 0 Å². The van der Waals surface area contributed by atoms with Crippen molar-refractivity contribution in [2.45, 2.75) is 27.2 Å². The summed E-state index contributed by atoms with van der Waals surface area (Å²) < 4.78 is 10.6. The van der Waals surface area contributed by atoms with Gasteiger partial charge in [0.15, 0.2) is 11.5 Å². The van der Waals surface area contributed by atoms with Crippen molar-refractivity contribution in [1.29, 1.82) is 0 Å². The Bertz CT molecular complexity index is 531. The zero-order chi connectivity index (χ0) is 15.1. The maximum atomic E-state index is 11.3. The molecule has 1 N–H and O–H groups in total. The zero-order valence-corrected chi connectivity index (χ0v) is 11.8. The Morgan fingerprint density at radius 2 is 1.95 bits per heavy atom. The summed E-state index contributed by atoms with van der Waals surface area (Å²) in [6.07, 6.45) is 1.79. The molecule has 108 valence electrons. The van der Waals surface area contributed by atoms with Crippen LogP contribution in [0.4, 0.5) is 0 Å². The number of carbonyl (C=O) groups is 2. The first-order chi connectivity index (χ1) is 9.47. The van der Waals surface area contributed by atoms with E-state index in [0.29, 0.717) is 23.7 Å². The molecule has 1 rings (SSSR count). The Labute approximate surface area is 117 Å². The molecule has 20 heavy (non-hydrogen) atoms. The number of rotatable bonds is 6. The van der Waals surface area contributed by atoms with Gasteiger partial charge in [0.25, 0.3) is 0 Å². The lowest BCUT2D eigenvalue weighted by Crippen LogP contribution is -2.07. The van der Waals surface area contributed by atoms with Crippen molar-refractivity contribution in [2.24, 2.45) is 0 Å². The van der Waals surface area contributed by atoms with Crippen LogP contribution in [0.25, 0.3) is 6.08 Å². The summed E-state index contributed by atoms with van der Waals surface area (Å²) in [7, 11) is 0. The molecule has 0 amide bonds. The first-order valence-corrected chi connectivity index (χ1v) is 6.37. The fraction of sp³-hybridized carbons (Fsp3) is 0.333. The standard InChI is InChI=1S/C15H18O5/c1-4-14(16)20-12-7-6-11(8-10(3)15(17)18)9-13(12)19-5-2/h6-9H,4-5H2,1-3H3,(H,17,18). The molecule has 0 saturated heterocycles. The van der Waals surface area contributed by atoms with Gasteiger partial charge < -0.3 is 14.6 Å². The molecule has 5 nitrogen and oxygen atoms in total. The van der Waals surface area contributed by atoms with E-state index in [1.807, 2.05) is 6.92 Å². The monoisotopic (exact) mass is 278 g/mol. The van der Waals surface area contributed by atoms with E-state index in [9.17, 15) is 9.59 Å². The van der Waals surface area contributed by atoms with Gasteiger partial charge in [0, 0.05) is 12.0 Å². The second-order valence-corrected chi connectivity index (χ2v) is 4.10. The number of hydrogen-bond donors (Lipinski definition) is 1. The van der Waals surface area contributed by atoms with Gasteiger partial charge in [-0.05, 0) is 37.6 Å². The molecule has 0 aliphatic rings. The molecule has 0 unspecified atom stereocenters. The number of carboxylic acid groups (broad SMARTS) is 1. The quantitative estimate of drug-likeness (QED) is 0.492. The Morgan fingerprint density at radius 1 is 1.25 bits per heavy atom. The maximum Gasteiger partial charge on any atom is 0.331 e. The van der Waals surface area contributed by atoms with Gasteiger partial charge in [-0.15, -0.1) is 0 Å².